The average molecular weight is 305 g/mol. The minimum Gasteiger partial charge on any atom is -0.507 e. The molecule has 2 atom stereocenters. The molecule has 2 unspecified atom stereocenters. The second-order valence-corrected chi connectivity index (χ2v) is 6.62. The molecule has 2 rings (SSSR count). The van der Waals surface area contributed by atoms with E-state index in [1.807, 2.05) is 56.5 Å². The van der Waals surface area contributed by atoms with Crippen molar-refractivity contribution in [2.24, 2.45) is 0 Å². The van der Waals surface area contributed by atoms with Crippen molar-refractivity contribution in [2.75, 3.05) is 18.6 Å². The topological polar surface area (TPSA) is 52.5 Å². The van der Waals surface area contributed by atoms with E-state index in [0.29, 0.717) is 18.0 Å². The smallest absolute Gasteiger partial charge is 0.128 e. The fraction of sp³-hybridized carbons (Fsp3) is 0.412. The van der Waals surface area contributed by atoms with Crippen LogP contribution >= 0.6 is 11.8 Å². The highest BCUT2D eigenvalue weighted by Gasteiger charge is 2.21. The summed E-state index contributed by atoms with van der Waals surface area (Å²) in [6, 6.07) is 11.7. The zero-order valence-corrected chi connectivity index (χ0v) is 13.6. The quantitative estimate of drug-likeness (QED) is 0.766. The van der Waals surface area contributed by atoms with E-state index in [1.165, 1.54) is 0 Å². The first-order chi connectivity index (χ1) is 9.94. The number of thioether (sulfide) groups is 1. The third-order valence-corrected chi connectivity index (χ3v) is 4.55. The van der Waals surface area contributed by atoms with Crippen LogP contribution < -0.4 is 5.32 Å². The fourth-order valence-electron chi connectivity index (χ4n) is 2.47. The molecule has 0 spiro atoms. The van der Waals surface area contributed by atoms with Gasteiger partial charge in [-0.2, -0.15) is 11.8 Å². The Kier molecular flexibility index (Phi) is 5.14. The Morgan fingerprint density at radius 3 is 2.67 bits per heavy atom. The summed E-state index contributed by atoms with van der Waals surface area (Å²) in [5, 5.41) is 25.8. The summed E-state index contributed by atoms with van der Waals surface area (Å²) in [5.41, 5.74) is 0.105. The lowest BCUT2D eigenvalue weighted by atomic mass is 10.0. The predicted octanol–water partition coefficient (Wildman–Crippen LogP) is 3.31. The maximum absolute atomic E-state index is 10.4. The molecule has 114 valence electrons. The summed E-state index contributed by atoms with van der Waals surface area (Å²) in [5.74, 6) is 0.994. The molecule has 2 aromatic carbocycles. The zero-order valence-electron chi connectivity index (χ0n) is 12.8. The Balaban J connectivity index is 2.16. The van der Waals surface area contributed by atoms with Crippen molar-refractivity contribution in [2.45, 2.75) is 25.5 Å². The number of rotatable bonds is 6. The van der Waals surface area contributed by atoms with Crippen LogP contribution in [0.2, 0.25) is 0 Å². The molecule has 0 aromatic heterocycles. The number of hydrogen-bond acceptors (Lipinski definition) is 4. The van der Waals surface area contributed by atoms with Gasteiger partial charge in [-0.15, -0.1) is 0 Å². The van der Waals surface area contributed by atoms with Gasteiger partial charge in [-0.1, -0.05) is 36.4 Å². The molecule has 0 saturated heterocycles. The normalized spacial score (nSPS) is 15.8. The Hall–Kier alpha value is -1.23. The Morgan fingerprint density at radius 2 is 1.95 bits per heavy atom. The SMILES string of the molecule is CSCC(C)(O)CNC(C)c1ccc2ccccc2c1O. The molecule has 0 radical (unpaired) electrons. The van der Waals surface area contributed by atoms with Gasteiger partial charge in [-0.05, 0) is 25.5 Å². The van der Waals surface area contributed by atoms with Crippen LogP contribution in [0.15, 0.2) is 36.4 Å². The fourth-order valence-corrected chi connectivity index (χ4v) is 3.19. The molecule has 3 nitrogen and oxygen atoms in total. The third kappa shape index (κ3) is 3.90. The molecule has 0 fully saturated rings. The van der Waals surface area contributed by atoms with E-state index in [2.05, 4.69) is 5.32 Å². The van der Waals surface area contributed by atoms with Gasteiger partial charge in [0.2, 0.25) is 0 Å². The standard InChI is InChI=1S/C17H23NO2S/c1-12(18-10-17(2,20)11-21-3)14-9-8-13-6-4-5-7-15(13)16(14)19/h4-9,12,18-20H,10-11H2,1-3H3. The third-order valence-electron chi connectivity index (χ3n) is 3.64. The molecule has 0 aliphatic heterocycles. The number of phenols is 1. The molecule has 4 heteroatoms. The van der Waals surface area contributed by atoms with Crippen molar-refractivity contribution in [3.63, 3.8) is 0 Å². The van der Waals surface area contributed by atoms with Gasteiger partial charge in [0.15, 0.2) is 0 Å². The van der Waals surface area contributed by atoms with Crippen molar-refractivity contribution in [3.05, 3.63) is 42.0 Å². The number of aromatic hydroxyl groups is 1. The number of benzene rings is 2. The second-order valence-electron chi connectivity index (χ2n) is 5.76. The summed E-state index contributed by atoms with van der Waals surface area (Å²) in [6.45, 7) is 4.31. The van der Waals surface area contributed by atoms with Crippen molar-refractivity contribution in [3.8, 4) is 5.75 Å². The molecule has 0 saturated carbocycles. The number of fused-ring (bicyclic) bond motifs is 1. The maximum atomic E-state index is 10.4. The van der Waals surface area contributed by atoms with Crippen LogP contribution in [-0.4, -0.2) is 34.4 Å². The molecule has 0 bridgehead atoms. The maximum Gasteiger partial charge on any atom is 0.128 e. The van der Waals surface area contributed by atoms with E-state index in [-0.39, 0.29) is 6.04 Å². The van der Waals surface area contributed by atoms with Gasteiger partial charge in [-0.25, -0.2) is 0 Å². The molecule has 2 aromatic rings. The van der Waals surface area contributed by atoms with Crippen LogP contribution in [0.25, 0.3) is 10.8 Å². The Labute approximate surface area is 130 Å². The van der Waals surface area contributed by atoms with Crippen LogP contribution in [0.4, 0.5) is 0 Å². The van der Waals surface area contributed by atoms with Crippen molar-refractivity contribution in [1.82, 2.24) is 5.32 Å². The minimum atomic E-state index is -0.750. The van der Waals surface area contributed by atoms with Crippen LogP contribution in [0, 0.1) is 0 Å². The van der Waals surface area contributed by atoms with Crippen molar-refractivity contribution >= 4 is 22.5 Å². The highest BCUT2D eigenvalue weighted by atomic mass is 32.2. The van der Waals surface area contributed by atoms with Gasteiger partial charge < -0.3 is 15.5 Å². The summed E-state index contributed by atoms with van der Waals surface area (Å²) >= 11 is 1.62. The first-order valence-corrected chi connectivity index (χ1v) is 8.49. The molecule has 0 aliphatic rings. The van der Waals surface area contributed by atoms with Gasteiger partial charge in [0.05, 0.1) is 5.60 Å². The lowest BCUT2D eigenvalue weighted by Gasteiger charge is -2.26. The number of phenolic OH excluding ortho intramolecular Hbond substituents is 1. The molecule has 3 N–H and O–H groups in total. The monoisotopic (exact) mass is 305 g/mol. The predicted molar refractivity (Wildman–Crippen MR) is 91.0 cm³/mol. The molecular weight excluding hydrogens is 282 g/mol. The number of aliphatic hydroxyl groups is 1. The Bertz CT molecular complexity index is 613. The lowest BCUT2D eigenvalue weighted by molar-refractivity contribution is 0.0819. The highest BCUT2D eigenvalue weighted by Crippen LogP contribution is 2.32. The summed E-state index contributed by atoms with van der Waals surface area (Å²) < 4.78 is 0. The summed E-state index contributed by atoms with van der Waals surface area (Å²) in [7, 11) is 0. The van der Waals surface area contributed by atoms with Crippen molar-refractivity contribution in [1.29, 1.82) is 0 Å². The Morgan fingerprint density at radius 1 is 1.24 bits per heavy atom. The molecular formula is C17H23NO2S. The van der Waals surface area contributed by atoms with Gasteiger partial charge in [0.1, 0.15) is 5.75 Å². The average Bonchev–Trinajstić information content (AvgIpc) is 2.45. The molecule has 0 heterocycles. The van der Waals surface area contributed by atoms with Crippen LogP contribution in [0.1, 0.15) is 25.5 Å². The van der Waals surface area contributed by atoms with E-state index in [4.69, 9.17) is 0 Å². The molecule has 0 aliphatic carbocycles. The molecule has 21 heavy (non-hydrogen) atoms. The number of nitrogens with one attached hydrogen (secondary N) is 1. The highest BCUT2D eigenvalue weighted by molar-refractivity contribution is 7.98. The lowest BCUT2D eigenvalue weighted by Crippen LogP contribution is -2.40. The largest absolute Gasteiger partial charge is 0.507 e. The number of hydrogen-bond donors (Lipinski definition) is 3. The van der Waals surface area contributed by atoms with Gasteiger partial charge in [0, 0.05) is 29.3 Å². The van der Waals surface area contributed by atoms with Gasteiger partial charge in [0.25, 0.3) is 0 Å². The van der Waals surface area contributed by atoms with E-state index in [1.54, 1.807) is 11.8 Å². The van der Waals surface area contributed by atoms with Crippen LogP contribution in [-0.2, 0) is 0 Å². The summed E-state index contributed by atoms with van der Waals surface area (Å²) in [6.07, 6.45) is 1.98. The van der Waals surface area contributed by atoms with Gasteiger partial charge in [-0.3, -0.25) is 0 Å². The van der Waals surface area contributed by atoms with E-state index < -0.39 is 5.60 Å². The van der Waals surface area contributed by atoms with E-state index in [9.17, 15) is 10.2 Å². The first kappa shape index (κ1) is 16.1. The summed E-state index contributed by atoms with van der Waals surface area (Å²) in [4.78, 5) is 0. The van der Waals surface area contributed by atoms with E-state index in [0.717, 1.165) is 16.3 Å². The molecule has 0 amide bonds. The van der Waals surface area contributed by atoms with Gasteiger partial charge >= 0.3 is 0 Å². The van der Waals surface area contributed by atoms with E-state index >= 15 is 0 Å². The van der Waals surface area contributed by atoms with Crippen molar-refractivity contribution < 1.29 is 10.2 Å². The van der Waals surface area contributed by atoms with Crippen LogP contribution in [0.3, 0.4) is 0 Å². The van der Waals surface area contributed by atoms with Crippen LogP contribution in [0.5, 0.6) is 5.75 Å². The zero-order chi connectivity index (χ0) is 15.5. The minimum absolute atomic E-state index is 0.0251. The second kappa shape index (κ2) is 6.69. The first-order valence-electron chi connectivity index (χ1n) is 7.10.